The number of rotatable bonds is 5. The molecule has 0 bridgehead atoms. The van der Waals surface area contributed by atoms with Gasteiger partial charge in [-0.15, -0.1) is 0 Å². The summed E-state index contributed by atoms with van der Waals surface area (Å²) in [7, 11) is 0. The average Bonchev–Trinajstić information content (AvgIpc) is 2.28. The van der Waals surface area contributed by atoms with E-state index in [1.165, 1.54) is 12.1 Å². The second kappa shape index (κ2) is 6.71. The average molecular weight is 274 g/mol. The molecule has 0 aliphatic heterocycles. The lowest BCUT2D eigenvalue weighted by Gasteiger charge is -2.14. The summed E-state index contributed by atoms with van der Waals surface area (Å²) in [6.45, 7) is 4.05. The minimum absolute atomic E-state index is 0.100. The Morgan fingerprint density at radius 1 is 1.50 bits per heavy atom. The first kappa shape index (κ1) is 14.9. The van der Waals surface area contributed by atoms with Crippen LogP contribution in [0.4, 0.5) is 4.39 Å². The molecule has 0 aliphatic rings. The number of benzene rings is 1. The van der Waals surface area contributed by atoms with Crippen LogP contribution in [0.3, 0.4) is 0 Å². The lowest BCUT2D eigenvalue weighted by molar-refractivity contribution is 0.0896. The highest BCUT2D eigenvalue weighted by atomic mass is 35.5. The Bertz CT molecular complexity index is 423. The zero-order chi connectivity index (χ0) is 13.7. The van der Waals surface area contributed by atoms with Crippen molar-refractivity contribution >= 4 is 17.5 Å². The van der Waals surface area contributed by atoms with Crippen LogP contribution in [0.25, 0.3) is 0 Å². The SMILES string of the molecule is CC(C)CC(O)CNC(=O)c1cc(Cl)ccc1F. The van der Waals surface area contributed by atoms with Crippen LogP contribution in [0.15, 0.2) is 18.2 Å². The molecule has 0 aliphatic carbocycles. The van der Waals surface area contributed by atoms with Gasteiger partial charge in [-0.25, -0.2) is 4.39 Å². The Labute approximate surface area is 111 Å². The number of halogens is 2. The number of nitrogens with one attached hydrogen (secondary N) is 1. The molecule has 0 fully saturated rings. The van der Waals surface area contributed by atoms with Gasteiger partial charge in [0, 0.05) is 11.6 Å². The molecule has 3 nitrogen and oxygen atoms in total. The van der Waals surface area contributed by atoms with Crippen LogP contribution >= 0.6 is 11.6 Å². The zero-order valence-corrected chi connectivity index (χ0v) is 11.2. The fourth-order valence-corrected chi connectivity index (χ4v) is 1.78. The topological polar surface area (TPSA) is 49.3 Å². The van der Waals surface area contributed by atoms with Gasteiger partial charge in [-0.1, -0.05) is 25.4 Å². The molecule has 18 heavy (non-hydrogen) atoms. The van der Waals surface area contributed by atoms with Gasteiger partial charge in [-0.3, -0.25) is 4.79 Å². The Balaban J connectivity index is 2.58. The van der Waals surface area contributed by atoms with Crippen molar-refractivity contribution in [2.24, 2.45) is 5.92 Å². The van der Waals surface area contributed by atoms with Crippen molar-refractivity contribution in [2.45, 2.75) is 26.4 Å². The predicted molar refractivity (Wildman–Crippen MR) is 69.2 cm³/mol. The fraction of sp³-hybridized carbons (Fsp3) is 0.462. The van der Waals surface area contributed by atoms with Gasteiger partial charge in [0.15, 0.2) is 0 Å². The van der Waals surface area contributed by atoms with E-state index in [0.29, 0.717) is 17.4 Å². The van der Waals surface area contributed by atoms with Crippen molar-refractivity contribution in [3.8, 4) is 0 Å². The molecule has 1 aromatic carbocycles. The van der Waals surface area contributed by atoms with Crippen molar-refractivity contribution in [1.29, 1.82) is 0 Å². The van der Waals surface area contributed by atoms with Crippen molar-refractivity contribution in [3.05, 3.63) is 34.6 Å². The monoisotopic (exact) mass is 273 g/mol. The first-order chi connectivity index (χ1) is 8.40. The van der Waals surface area contributed by atoms with Gasteiger partial charge in [0.1, 0.15) is 5.82 Å². The van der Waals surface area contributed by atoms with E-state index in [0.717, 1.165) is 6.07 Å². The van der Waals surface area contributed by atoms with E-state index in [-0.39, 0.29) is 12.1 Å². The molecule has 5 heteroatoms. The van der Waals surface area contributed by atoms with Crippen LogP contribution in [0, 0.1) is 11.7 Å². The quantitative estimate of drug-likeness (QED) is 0.866. The summed E-state index contributed by atoms with van der Waals surface area (Å²) >= 11 is 5.70. The summed E-state index contributed by atoms with van der Waals surface area (Å²) in [6.07, 6.45) is -0.0469. The number of hydrogen-bond donors (Lipinski definition) is 2. The number of hydrogen-bond acceptors (Lipinski definition) is 2. The van der Waals surface area contributed by atoms with Crippen LogP contribution in [-0.4, -0.2) is 23.7 Å². The summed E-state index contributed by atoms with van der Waals surface area (Å²) in [5, 5.41) is 12.4. The molecule has 1 unspecified atom stereocenters. The van der Waals surface area contributed by atoms with E-state index in [4.69, 9.17) is 11.6 Å². The highest BCUT2D eigenvalue weighted by Crippen LogP contribution is 2.14. The largest absolute Gasteiger partial charge is 0.391 e. The molecule has 0 aromatic heterocycles. The van der Waals surface area contributed by atoms with Gasteiger partial charge in [0.25, 0.3) is 5.91 Å². The van der Waals surface area contributed by atoms with Gasteiger partial charge in [-0.05, 0) is 30.5 Å². The summed E-state index contributed by atoms with van der Waals surface area (Å²) in [4.78, 5) is 11.7. The fourth-order valence-electron chi connectivity index (χ4n) is 1.60. The molecule has 1 rings (SSSR count). The van der Waals surface area contributed by atoms with Gasteiger partial charge in [-0.2, -0.15) is 0 Å². The highest BCUT2D eigenvalue weighted by molar-refractivity contribution is 6.30. The summed E-state index contributed by atoms with van der Waals surface area (Å²) in [5.41, 5.74) is -0.112. The first-order valence-electron chi connectivity index (χ1n) is 5.81. The van der Waals surface area contributed by atoms with Crippen molar-refractivity contribution in [1.82, 2.24) is 5.32 Å². The number of carbonyl (C=O) groups excluding carboxylic acids is 1. The Kier molecular flexibility index (Phi) is 5.56. The zero-order valence-electron chi connectivity index (χ0n) is 10.4. The molecule has 1 aromatic rings. The van der Waals surface area contributed by atoms with Crippen molar-refractivity contribution in [3.63, 3.8) is 0 Å². The Morgan fingerprint density at radius 2 is 2.17 bits per heavy atom. The van der Waals surface area contributed by atoms with Gasteiger partial charge < -0.3 is 10.4 Å². The standard InChI is InChI=1S/C13H17ClFNO2/c1-8(2)5-10(17)7-16-13(18)11-6-9(14)3-4-12(11)15/h3-4,6,8,10,17H,5,7H2,1-2H3,(H,16,18). The Morgan fingerprint density at radius 3 is 2.78 bits per heavy atom. The first-order valence-corrected chi connectivity index (χ1v) is 6.19. The number of amides is 1. The molecule has 2 N–H and O–H groups in total. The minimum atomic E-state index is -0.629. The molecule has 0 spiro atoms. The van der Waals surface area contributed by atoms with E-state index < -0.39 is 17.8 Å². The lowest BCUT2D eigenvalue weighted by Crippen LogP contribution is -2.33. The molecular formula is C13H17ClFNO2. The molecule has 1 atom stereocenters. The molecule has 1 amide bonds. The molecular weight excluding hydrogens is 257 g/mol. The van der Waals surface area contributed by atoms with Crippen LogP contribution < -0.4 is 5.32 Å². The van der Waals surface area contributed by atoms with Gasteiger partial charge in [0.2, 0.25) is 0 Å². The minimum Gasteiger partial charge on any atom is -0.391 e. The molecule has 0 saturated carbocycles. The van der Waals surface area contributed by atoms with Gasteiger partial charge >= 0.3 is 0 Å². The predicted octanol–water partition coefficient (Wildman–Crippen LogP) is 2.62. The van der Waals surface area contributed by atoms with E-state index in [9.17, 15) is 14.3 Å². The molecule has 0 saturated heterocycles. The third kappa shape index (κ3) is 4.63. The maximum atomic E-state index is 13.4. The maximum absolute atomic E-state index is 13.4. The van der Waals surface area contributed by atoms with Crippen LogP contribution in [0.5, 0.6) is 0 Å². The third-order valence-electron chi connectivity index (χ3n) is 2.41. The third-order valence-corrected chi connectivity index (χ3v) is 2.65. The van der Waals surface area contributed by atoms with Crippen LogP contribution in [0.1, 0.15) is 30.6 Å². The van der Waals surface area contributed by atoms with Crippen molar-refractivity contribution in [2.75, 3.05) is 6.54 Å². The van der Waals surface area contributed by atoms with E-state index >= 15 is 0 Å². The Hall–Kier alpha value is -1.13. The lowest BCUT2D eigenvalue weighted by atomic mass is 10.1. The van der Waals surface area contributed by atoms with Crippen LogP contribution in [0.2, 0.25) is 5.02 Å². The molecule has 100 valence electrons. The number of carbonyl (C=O) groups is 1. The van der Waals surface area contributed by atoms with E-state index in [1.54, 1.807) is 0 Å². The normalized spacial score (nSPS) is 12.6. The van der Waals surface area contributed by atoms with Crippen LogP contribution in [-0.2, 0) is 0 Å². The molecule has 0 heterocycles. The summed E-state index contributed by atoms with van der Waals surface area (Å²) in [5.74, 6) is -0.868. The van der Waals surface area contributed by atoms with Crippen molar-refractivity contribution < 1.29 is 14.3 Å². The second-order valence-electron chi connectivity index (χ2n) is 4.62. The number of aliphatic hydroxyl groups excluding tert-OH is 1. The molecule has 0 radical (unpaired) electrons. The van der Waals surface area contributed by atoms with E-state index in [2.05, 4.69) is 5.32 Å². The summed E-state index contributed by atoms with van der Waals surface area (Å²) in [6, 6.07) is 3.78. The maximum Gasteiger partial charge on any atom is 0.254 e. The van der Waals surface area contributed by atoms with E-state index in [1.807, 2.05) is 13.8 Å². The smallest absolute Gasteiger partial charge is 0.254 e. The second-order valence-corrected chi connectivity index (χ2v) is 5.05. The highest BCUT2D eigenvalue weighted by Gasteiger charge is 2.14. The van der Waals surface area contributed by atoms with Gasteiger partial charge in [0.05, 0.1) is 11.7 Å². The summed E-state index contributed by atoms with van der Waals surface area (Å²) < 4.78 is 13.4. The number of aliphatic hydroxyl groups is 1.